The number of carbonyl (C=O) groups excluding carboxylic acids is 1. The molecule has 2 rings (SSSR count). The summed E-state index contributed by atoms with van der Waals surface area (Å²) in [6.45, 7) is 0.562. The Balaban J connectivity index is 1.81. The number of β-amino-alcohol motifs (C(OH)–C–C–N with tert-alkyl or cyclic N) is 1. The summed E-state index contributed by atoms with van der Waals surface area (Å²) in [6.07, 6.45) is -0.840. The van der Waals surface area contributed by atoms with E-state index >= 15 is 0 Å². The highest BCUT2D eigenvalue weighted by Gasteiger charge is 2.28. The van der Waals surface area contributed by atoms with Crippen molar-refractivity contribution in [2.75, 3.05) is 13.1 Å². The largest absolute Gasteiger partial charge is 0.392 e. The van der Waals surface area contributed by atoms with E-state index in [1.54, 1.807) is 24.3 Å². The van der Waals surface area contributed by atoms with E-state index in [1.807, 2.05) is 0 Å². The summed E-state index contributed by atoms with van der Waals surface area (Å²) in [5.74, 6) is -0.204. The number of benzene rings is 1. The third-order valence-electron chi connectivity index (χ3n) is 3.15. The van der Waals surface area contributed by atoms with Crippen LogP contribution >= 0.6 is 11.6 Å². The number of rotatable bonds is 4. The molecule has 1 aliphatic heterocycles. The lowest BCUT2D eigenvalue weighted by atomic mass is 10.1. The quantitative estimate of drug-likeness (QED) is 0.637. The van der Waals surface area contributed by atoms with Crippen molar-refractivity contribution in [3.8, 4) is 0 Å². The summed E-state index contributed by atoms with van der Waals surface area (Å²) in [7, 11) is 0. The monoisotopic (exact) mass is 284 g/mol. The second-order valence-corrected chi connectivity index (χ2v) is 5.10. The van der Waals surface area contributed by atoms with E-state index in [2.05, 4.69) is 10.6 Å². The number of halogens is 1. The molecule has 104 valence electrons. The minimum absolute atomic E-state index is 0.134. The van der Waals surface area contributed by atoms with Crippen LogP contribution in [0.5, 0.6) is 0 Å². The molecule has 0 aromatic heterocycles. The molecule has 0 bridgehead atoms. The van der Waals surface area contributed by atoms with E-state index in [1.165, 1.54) is 0 Å². The second kappa shape index (κ2) is 6.34. The van der Waals surface area contributed by atoms with Gasteiger partial charge in [0.2, 0.25) is 5.91 Å². The van der Waals surface area contributed by atoms with E-state index in [4.69, 9.17) is 11.6 Å². The molecule has 1 fully saturated rings. The molecule has 0 aliphatic carbocycles. The predicted molar refractivity (Wildman–Crippen MR) is 71.8 cm³/mol. The zero-order chi connectivity index (χ0) is 13.8. The predicted octanol–water partition coefficient (Wildman–Crippen LogP) is 0.212. The van der Waals surface area contributed by atoms with Gasteiger partial charge in [-0.2, -0.15) is 0 Å². The molecule has 19 heavy (non-hydrogen) atoms. The average Bonchev–Trinajstić information content (AvgIpc) is 2.83. The van der Waals surface area contributed by atoms with E-state index in [0.29, 0.717) is 23.6 Å². The third-order valence-corrected chi connectivity index (χ3v) is 3.40. The lowest BCUT2D eigenvalue weighted by molar-refractivity contribution is -0.123. The minimum Gasteiger partial charge on any atom is -0.392 e. The van der Waals surface area contributed by atoms with Gasteiger partial charge in [-0.3, -0.25) is 4.79 Å². The van der Waals surface area contributed by atoms with Gasteiger partial charge in [0.15, 0.2) is 0 Å². The summed E-state index contributed by atoms with van der Waals surface area (Å²) in [6, 6.07) is 6.44. The van der Waals surface area contributed by atoms with Crippen LogP contribution < -0.4 is 10.6 Å². The molecule has 0 radical (unpaired) electrons. The first-order valence-corrected chi connectivity index (χ1v) is 6.56. The molecule has 1 aliphatic rings. The first-order chi connectivity index (χ1) is 9.06. The van der Waals surface area contributed by atoms with Crippen molar-refractivity contribution in [1.82, 2.24) is 10.6 Å². The van der Waals surface area contributed by atoms with Crippen molar-refractivity contribution < 1.29 is 15.0 Å². The molecule has 5 nitrogen and oxygen atoms in total. The van der Waals surface area contributed by atoms with Crippen LogP contribution in [0.15, 0.2) is 24.3 Å². The maximum Gasteiger partial charge on any atom is 0.237 e. The van der Waals surface area contributed by atoms with Gasteiger partial charge >= 0.3 is 0 Å². The number of nitrogens with one attached hydrogen (secondary N) is 2. The van der Waals surface area contributed by atoms with Gasteiger partial charge < -0.3 is 20.8 Å². The Morgan fingerprint density at radius 3 is 2.74 bits per heavy atom. The minimum atomic E-state index is -0.771. The zero-order valence-electron chi connectivity index (χ0n) is 10.3. The van der Waals surface area contributed by atoms with E-state index in [9.17, 15) is 15.0 Å². The fraction of sp³-hybridized carbons (Fsp3) is 0.462. The average molecular weight is 285 g/mol. The van der Waals surface area contributed by atoms with Gasteiger partial charge in [0.25, 0.3) is 0 Å². The van der Waals surface area contributed by atoms with Crippen LogP contribution in [0.25, 0.3) is 0 Å². The highest BCUT2D eigenvalue weighted by atomic mass is 35.5. The van der Waals surface area contributed by atoms with Crippen molar-refractivity contribution >= 4 is 17.5 Å². The molecule has 3 atom stereocenters. The van der Waals surface area contributed by atoms with Gasteiger partial charge in [-0.05, 0) is 24.1 Å². The van der Waals surface area contributed by atoms with E-state index < -0.39 is 12.2 Å². The lowest BCUT2D eigenvalue weighted by Gasteiger charge is -2.15. The summed E-state index contributed by atoms with van der Waals surface area (Å²) in [5.41, 5.74) is 0.698. The van der Waals surface area contributed by atoms with Crippen molar-refractivity contribution in [1.29, 1.82) is 0 Å². The maximum atomic E-state index is 11.8. The molecular formula is C13H17ClN2O3. The fourth-order valence-corrected chi connectivity index (χ4v) is 2.17. The zero-order valence-corrected chi connectivity index (χ0v) is 11.1. The molecule has 1 aromatic rings. The number of hydrogen-bond donors (Lipinski definition) is 4. The molecule has 0 saturated carbocycles. The number of hydrogen-bond acceptors (Lipinski definition) is 4. The van der Waals surface area contributed by atoms with Crippen LogP contribution in [0.4, 0.5) is 0 Å². The molecule has 1 saturated heterocycles. The van der Waals surface area contributed by atoms with Crippen LogP contribution in [-0.2, 0) is 4.79 Å². The van der Waals surface area contributed by atoms with Gasteiger partial charge in [0.1, 0.15) is 0 Å². The first kappa shape index (κ1) is 14.3. The Hall–Kier alpha value is -1.14. The number of carbonyl (C=O) groups is 1. The second-order valence-electron chi connectivity index (χ2n) is 4.66. The molecule has 4 N–H and O–H groups in total. The normalized spacial score (nSPS) is 24.2. The Morgan fingerprint density at radius 2 is 2.16 bits per heavy atom. The lowest BCUT2D eigenvalue weighted by Crippen LogP contribution is -2.41. The maximum absolute atomic E-state index is 11.8. The highest BCUT2D eigenvalue weighted by molar-refractivity contribution is 6.30. The van der Waals surface area contributed by atoms with Crippen molar-refractivity contribution in [2.45, 2.75) is 24.7 Å². The molecule has 0 spiro atoms. The van der Waals surface area contributed by atoms with Gasteiger partial charge in [0, 0.05) is 18.1 Å². The highest BCUT2D eigenvalue weighted by Crippen LogP contribution is 2.16. The first-order valence-electron chi connectivity index (χ1n) is 6.19. The van der Waals surface area contributed by atoms with Crippen LogP contribution in [0.2, 0.25) is 5.02 Å². The van der Waals surface area contributed by atoms with Crippen LogP contribution in [-0.4, -0.2) is 41.4 Å². The van der Waals surface area contributed by atoms with Gasteiger partial charge in [-0.15, -0.1) is 0 Å². The molecule has 1 amide bonds. The molecule has 0 unspecified atom stereocenters. The molecule has 1 aromatic carbocycles. The van der Waals surface area contributed by atoms with Crippen molar-refractivity contribution in [2.24, 2.45) is 0 Å². The van der Waals surface area contributed by atoms with Crippen LogP contribution in [0.1, 0.15) is 18.1 Å². The van der Waals surface area contributed by atoms with Crippen molar-refractivity contribution in [3.63, 3.8) is 0 Å². The topological polar surface area (TPSA) is 81.6 Å². The standard InChI is InChI=1S/C13H17ClN2O3/c14-9-3-1-8(2-4-9)12(18)7-16-13(19)11-5-10(17)6-15-11/h1-4,10-12,15,17-18H,5-7H2,(H,16,19)/t10-,11+,12-/m0/s1. The Morgan fingerprint density at radius 1 is 1.47 bits per heavy atom. The molecule has 1 heterocycles. The van der Waals surface area contributed by atoms with Gasteiger partial charge in [-0.1, -0.05) is 23.7 Å². The van der Waals surface area contributed by atoms with E-state index in [0.717, 1.165) is 0 Å². The SMILES string of the molecule is O=C(NC[C@H](O)c1ccc(Cl)cc1)[C@H]1C[C@H](O)CN1. The summed E-state index contributed by atoms with van der Waals surface area (Å²) in [4.78, 5) is 11.8. The van der Waals surface area contributed by atoms with E-state index in [-0.39, 0.29) is 18.5 Å². The fourth-order valence-electron chi connectivity index (χ4n) is 2.04. The summed E-state index contributed by atoms with van der Waals surface area (Å²) in [5, 5.41) is 25.4. The molecular weight excluding hydrogens is 268 g/mol. The Labute approximate surface area is 116 Å². The number of amides is 1. The van der Waals surface area contributed by atoms with Gasteiger partial charge in [-0.25, -0.2) is 0 Å². The molecule has 6 heteroatoms. The third kappa shape index (κ3) is 3.91. The van der Waals surface area contributed by atoms with Crippen molar-refractivity contribution in [3.05, 3.63) is 34.9 Å². The van der Waals surface area contributed by atoms with Gasteiger partial charge in [0.05, 0.1) is 18.2 Å². The Kier molecular flexibility index (Phi) is 4.76. The smallest absolute Gasteiger partial charge is 0.237 e. The van der Waals surface area contributed by atoms with Crippen LogP contribution in [0.3, 0.4) is 0 Å². The number of aliphatic hydroxyl groups excluding tert-OH is 2. The van der Waals surface area contributed by atoms with Crippen LogP contribution in [0, 0.1) is 0 Å². The summed E-state index contributed by atoms with van der Waals surface area (Å²) < 4.78 is 0. The summed E-state index contributed by atoms with van der Waals surface area (Å²) >= 11 is 5.76. The Bertz CT molecular complexity index is 438. The number of aliphatic hydroxyl groups is 2.